The molecule has 6 nitrogen and oxygen atoms in total. The van der Waals surface area contributed by atoms with Gasteiger partial charge in [0.15, 0.2) is 0 Å². The number of urea groups is 1. The van der Waals surface area contributed by atoms with E-state index >= 15 is 0 Å². The molecular formula is C12H22N4O2S. The van der Waals surface area contributed by atoms with Gasteiger partial charge in [-0.3, -0.25) is 5.32 Å². The third-order valence-electron chi connectivity index (χ3n) is 3.05. The van der Waals surface area contributed by atoms with Gasteiger partial charge in [0, 0.05) is 6.54 Å². The second-order valence-corrected chi connectivity index (χ2v) is 5.40. The number of carbonyl (C=O) groups excluding carboxylic acids is 1. The summed E-state index contributed by atoms with van der Waals surface area (Å²) in [5.41, 5.74) is 0. The van der Waals surface area contributed by atoms with Crippen molar-refractivity contribution in [1.82, 2.24) is 15.5 Å². The standard InChI is InChI=1S/C12H22N4O2S/c1-4-8(5-2)9(17)7-13-11(18)14-12-16-15-10(6-3)19-12/h8-9,17H,4-7H2,1-3H3,(H2,13,14,16,18). The third-order valence-corrected chi connectivity index (χ3v) is 4.04. The average molecular weight is 286 g/mol. The molecule has 0 saturated carbocycles. The molecule has 108 valence electrons. The number of hydrogen-bond acceptors (Lipinski definition) is 5. The lowest BCUT2D eigenvalue weighted by Gasteiger charge is -2.20. The molecule has 7 heteroatoms. The SMILES string of the molecule is CCc1nnc(NC(=O)NCC(O)C(CC)CC)s1. The molecule has 1 rings (SSSR count). The predicted molar refractivity (Wildman–Crippen MR) is 76.4 cm³/mol. The summed E-state index contributed by atoms with van der Waals surface area (Å²) in [7, 11) is 0. The summed E-state index contributed by atoms with van der Waals surface area (Å²) in [6.45, 7) is 6.30. The van der Waals surface area contributed by atoms with Crippen molar-refractivity contribution < 1.29 is 9.90 Å². The number of anilines is 1. The van der Waals surface area contributed by atoms with E-state index in [9.17, 15) is 9.90 Å². The average Bonchev–Trinajstić information content (AvgIpc) is 2.85. The van der Waals surface area contributed by atoms with Crippen LogP contribution >= 0.6 is 11.3 Å². The van der Waals surface area contributed by atoms with Gasteiger partial charge in [-0.05, 0) is 12.3 Å². The number of hydrogen-bond donors (Lipinski definition) is 3. The topological polar surface area (TPSA) is 87.1 Å². The van der Waals surface area contributed by atoms with Gasteiger partial charge in [0.1, 0.15) is 5.01 Å². The van der Waals surface area contributed by atoms with Crippen molar-refractivity contribution in [3.63, 3.8) is 0 Å². The Balaban J connectivity index is 2.35. The van der Waals surface area contributed by atoms with E-state index in [-0.39, 0.29) is 18.5 Å². The van der Waals surface area contributed by atoms with Crippen LogP contribution in [0.2, 0.25) is 0 Å². The number of aliphatic hydroxyl groups is 1. The summed E-state index contributed by atoms with van der Waals surface area (Å²) in [5, 5.41) is 24.3. The summed E-state index contributed by atoms with van der Waals surface area (Å²) in [4.78, 5) is 11.6. The molecule has 19 heavy (non-hydrogen) atoms. The van der Waals surface area contributed by atoms with Crippen LogP contribution in [-0.4, -0.2) is 34.0 Å². The van der Waals surface area contributed by atoms with Crippen molar-refractivity contribution >= 4 is 22.5 Å². The van der Waals surface area contributed by atoms with E-state index < -0.39 is 6.10 Å². The number of nitrogens with zero attached hydrogens (tertiary/aromatic N) is 2. The first kappa shape index (κ1) is 15.8. The van der Waals surface area contributed by atoms with Crippen LogP contribution < -0.4 is 10.6 Å². The Labute approximate surface area is 117 Å². The van der Waals surface area contributed by atoms with Crippen molar-refractivity contribution in [2.24, 2.45) is 5.92 Å². The lowest BCUT2D eigenvalue weighted by molar-refractivity contribution is 0.104. The largest absolute Gasteiger partial charge is 0.391 e. The number of carbonyl (C=O) groups is 1. The highest BCUT2D eigenvalue weighted by Crippen LogP contribution is 2.15. The normalized spacial score (nSPS) is 12.5. The molecular weight excluding hydrogens is 264 g/mol. The highest BCUT2D eigenvalue weighted by Gasteiger charge is 2.16. The van der Waals surface area contributed by atoms with E-state index in [1.807, 2.05) is 20.8 Å². The van der Waals surface area contributed by atoms with Crippen molar-refractivity contribution in [3.8, 4) is 0 Å². The number of aliphatic hydroxyl groups excluding tert-OH is 1. The fraction of sp³-hybridized carbons (Fsp3) is 0.750. The molecule has 1 unspecified atom stereocenters. The van der Waals surface area contributed by atoms with Crippen molar-refractivity contribution in [2.45, 2.75) is 46.1 Å². The highest BCUT2D eigenvalue weighted by molar-refractivity contribution is 7.15. The van der Waals surface area contributed by atoms with Gasteiger partial charge in [0.2, 0.25) is 5.13 Å². The number of rotatable bonds is 7. The molecule has 0 saturated heterocycles. The van der Waals surface area contributed by atoms with Crippen LogP contribution in [-0.2, 0) is 6.42 Å². The Morgan fingerprint density at radius 1 is 1.32 bits per heavy atom. The van der Waals surface area contributed by atoms with Crippen LogP contribution in [0.5, 0.6) is 0 Å². The van der Waals surface area contributed by atoms with Gasteiger partial charge in [0.05, 0.1) is 6.10 Å². The summed E-state index contributed by atoms with van der Waals surface area (Å²) >= 11 is 1.35. The molecule has 0 aromatic carbocycles. The Bertz CT molecular complexity index is 393. The zero-order valence-corrected chi connectivity index (χ0v) is 12.5. The van der Waals surface area contributed by atoms with Crippen molar-refractivity contribution in [3.05, 3.63) is 5.01 Å². The van der Waals surface area contributed by atoms with Crippen molar-refractivity contribution in [2.75, 3.05) is 11.9 Å². The number of amides is 2. The smallest absolute Gasteiger partial charge is 0.321 e. The van der Waals surface area contributed by atoms with E-state index in [2.05, 4.69) is 20.8 Å². The quantitative estimate of drug-likeness (QED) is 0.715. The van der Waals surface area contributed by atoms with E-state index in [1.54, 1.807) is 0 Å². The molecule has 0 fully saturated rings. The minimum atomic E-state index is -0.513. The van der Waals surface area contributed by atoms with Crippen LogP contribution in [0.25, 0.3) is 0 Å². The summed E-state index contributed by atoms with van der Waals surface area (Å²) < 4.78 is 0. The molecule has 0 radical (unpaired) electrons. The first-order valence-electron chi connectivity index (χ1n) is 6.65. The van der Waals surface area contributed by atoms with E-state index in [0.717, 1.165) is 24.3 Å². The first-order chi connectivity index (χ1) is 9.10. The molecule has 2 amide bonds. The molecule has 0 bridgehead atoms. The lowest BCUT2D eigenvalue weighted by atomic mass is 9.97. The fourth-order valence-corrected chi connectivity index (χ4v) is 2.46. The van der Waals surface area contributed by atoms with Gasteiger partial charge >= 0.3 is 6.03 Å². The number of aromatic nitrogens is 2. The van der Waals surface area contributed by atoms with E-state index in [0.29, 0.717) is 5.13 Å². The summed E-state index contributed by atoms with van der Waals surface area (Å²) in [6, 6.07) is -0.358. The minimum absolute atomic E-state index is 0.216. The van der Waals surface area contributed by atoms with Gasteiger partial charge in [-0.1, -0.05) is 44.9 Å². The maximum absolute atomic E-state index is 11.6. The molecule has 0 aliphatic carbocycles. The van der Waals surface area contributed by atoms with E-state index in [1.165, 1.54) is 11.3 Å². The van der Waals surface area contributed by atoms with Gasteiger partial charge < -0.3 is 10.4 Å². The molecule has 1 heterocycles. The zero-order valence-electron chi connectivity index (χ0n) is 11.6. The second kappa shape index (κ2) is 8.06. The Hall–Kier alpha value is -1.21. The Morgan fingerprint density at radius 2 is 2.00 bits per heavy atom. The monoisotopic (exact) mass is 286 g/mol. The Kier molecular flexibility index (Phi) is 6.72. The molecule has 1 aromatic rings. The fourth-order valence-electron chi connectivity index (χ4n) is 1.79. The zero-order chi connectivity index (χ0) is 14.3. The third kappa shape index (κ3) is 5.12. The van der Waals surface area contributed by atoms with E-state index in [4.69, 9.17) is 0 Å². The van der Waals surface area contributed by atoms with Gasteiger partial charge in [-0.25, -0.2) is 4.79 Å². The molecule has 1 atom stereocenters. The van der Waals surface area contributed by atoms with Crippen LogP contribution in [0.1, 0.15) is 38.6 Å². The lowest BCUT2D eigenvalue weighted by Crippen LogP contribution is -2.38. The second-order valence-electron chi connectivity index (χ2n) is 4.33. The molecule has 0 spiro atoms. The molecule has 0 aliphatic rings. The number of aryl methyl sites for hydroxylation is 1. The van der Waals surface area contributed by atoms with Crippen LogP contribution in [0.4, 0.5) is 9.93 Å². The maximum Gasteiger partial charge on any atom is 0.321 e. The van der Waals surface area contributed by atoms with Gasteiger partial charge in [-0.15, -0.1) is 10.2 Å². The highest BCUT2D eigenvalue weighted by atomic mass is 32.1. The predicted octanol–water partition coefficient (Wildman–Crippen LogP) is 2.02. The molecule has 1 aromatic heterocycles. The summed E-state index contributed by atoms with van der Waals surface area (Å²) in [5.74, 6) is 0.216. The number of nitrogens with one attached hydrogen (secondary N) is 2. The van der Waals surface area contributed by atoms with Crippen LogP contribution in [0.15, 0.2) is 0 Å². The first-order valence-corrected chi connectivity index (χ1v) is 7.47. The van der Waals surface area contributed by atoms with Crippen LogP contribution in [0.3, 0.4) is 0 Å². The maximum atomic E-state index is 11.6. The Morgan fingerprint density at radius 3 is 2.53 bits per heavy atom. The minimum Gasteiger partial charge on any atom is -0.391 e. The molecule has 0 aliphatic heterocycles. The summed E-state index contributed by atoms with van der Waals surface area (Å²) in [6.07, 6.45) is 2.09. The van der Waals surface area contributed by atoms with Gasteiger partial charge in [0.25, 0.3) is 0 Å². The molecule has 3 N–H and O–H groups in total. The van der Waals surface area contributed by atoms with Gasteiger partial charge in [-0.2, -0.15) is 0 Å². The van der Waals surface area contributed by atoms with Crippen molar-refractivity contribution in [1.29, 1.82) is 0 Å². The van der Waals surface area contributed by atoms with Crippen LogP contribution in [0, 0.1) is 5.92 Å².